The highest BCUT2D eigenvalue weighted by molar-refractivity contribution is 5.68. The quantitative estimate of drug-likeness (QED) is 0.712. The standard InChI is InChI=1S/C8H15NO.C4H8O2/c1-9-6-2-3-7(9)5-8(10)4-6;1-3(2)4(5)6/h6-8,10H,2-5H2,1H3;3H,1-2H3,(H,5,6)/t6-,7+,8+;. The number of rotatable bonds is 1. The number of hydrogen-bond donors (Lipinski definition) is 2. The highest BCUT2D eigenvalue weighted by Crippen LogP contribution is 2.33. The molecule has 2 heterocycles. The molecule has 2 saturated heterocycles. The van der Waals surface area contributed by atoms with Crippen molar-refractivity contribution in [3.8, 4) is 0 Å². The zero-order valence-corrected chi connectivity index (χ0v) is 10.4. The van der Waals surface area contributed by atoms with E-state index in [2.05, 4.69) is 11.9 Å². The number of aliphatic hydroxyl groups excluding tert-OH is 1. The number of carboxylic acids is 1. The average Bonchev–Trinajstić information content (AvgIpc) is 2.44. The molecule has 94 valence electrons. The first-order valence-electron chi connectivity index (χ1n) is 6.04. The van der Waals surface area contributed by atoms with Gasteiger partial charge in [-0.2, -0.15) is 0 Å². The second-order valence-electron chi connectivity index (χ2n) is 5.17. The molecule has 2 bridgehead atoms. The van der Waals surface area contributed by atoms with E-state index in [1.54, 1.807) is 13.8 Å². The molecule has 3 atom stereocenters. The summed E-state index contributed by atoms with van der Waals surface area (Å²) in [5.74, 6) is -0.972. The van der Waals surface area contributed by atoms with Crippen molar-refractivity contribution in [2.24, 2.45) is 5.92 Å². The average molecular weight is 229 g/mol. The first-order chi connectivity index (χ1) is 7.41. The number of piperidine rings is 1. The van der Waals surface area contributed by atoms with Crippen LogP contribution in [0.15, 0.2) is 0 Å². The van der Waals surface area contributed by atoms with Gasteiger partial charge in [0.15, 0.2) is 0 Å². The van der Waals surface area contributed by atoms with Crippen molar-refractivity contribution in [2.45, 2.75) is 57.7 Å². The first kappa shape index (κ1) is 13.5. The van der Waals surface area contributed by atoms with Crippen LogP contribution in [-0.4, -0.2) is 46.3 Å². The molecule has 0 saturated carbocycles. The lowest BCUT2D eigenvalue weighted by Crippen LogP contribution is -2.41. The van der Waals surface area contributed by atoms with Crippen LogP contribution in [0.4, 0.5) is 0 Å². The fourth-order valence-electron chi connectivity index (χ4n) is 2.38. The molecule has 4 nitrogen and oxygen atoms in total. The van der Waals surface area contributed by atoms with Crippen molar-refractivity contribution in [3.05, 3.63) is 0 Å². The van der Waals surface area contributed by atoms with Crippen LogP contribution in [0.2, 0.25) is 0 Å². The van der Waals surface area contributed by atoms with Crippen molar-refractivity contribution in [2.75, 3.05) is 7.05 Å². The molecule has 2 aliphatic rings. The summed E-state index contributed by atoms with van der Waals surface area (Å²) in [7, 11) is 2.19. The van der Waals surface area contributed by atoms with Crippen LogP contribution in [0.3, 0.4) is 0 Å². The summed E-state index contributed by atoms with van der Waals surface area (Å²) < 4.78 is 0. The van der Waals surface area contributed by atoms with Gasteiger partial charge in [0, 0.05) is 12.1 Å². The molecule has 0 unspecified atom stereocenters. The zero-order valence-electron chi connectivity index (χ0n) is 10.4. The number of nitrogens with zero attached hydrogens (tertiary/aromatic N) is 1. The molecule has 0 aromatic carbocycles. The number of aliphatic carboxylic acids is 1. The van der Waals surface area contributed by atoms with Crippen molar-refractivity contribution in [1.29, 1.82) is 0 Å². The molecule has 0 aromatic heterocycles. The minimum Gasteiger partial charge on any atom is -0.481 e. The monoisotopic (exact) mass is 229 g/mol. The smallest absolute Gasteiger partial charge is 0.305 e. The second-order valence-corrected chi connectivity index (χ2v) is 5.17. The minimum absolute atomic E-state index is 0.00583. The first-order valence-corrected chi connectivity index (χ1v) is 6.04. The maximum absolute atomic E-state index is 9.70. The summed E-state index contributed by atoms with van der Waals surface area (Å²) in [5, 5.41) is 17.4. The lowest BCUT2D eigenvalue weighted by atomic mass is 10.0. The van der Waals surface area contributed by atoms with Gasteiger partial charge in [0.2, 0.25) is 0 Å². The van der Waals surface area contributed by atoms with Crippen LogP contribution in [0.25, 0.3) is 0 Å². The molecular formula is C12H23NO3. The minimum atomic E-state index is -0.741. The molecule has 2 N–H and O–H groups in total. The predicted octanol–water partition coefficient (Wildman–Crippen LogP) is 1.33. The van der Waals surface area contributed by atoms with E-state index in [1.807, 2.05) is 0 Å². The Morgan fingerprint density at radius 3 is 1.94 bits per heavy atom. The van der Waals surface area contributed by atoms with Crippen LogP contribution in [-0.2, 0) is 4.79 Å². The molecule has 2 aliphatic heterocycles. The van der Waals surface area contributed by atoms with E-state index in [0.717, 1.165) is 12.8 Å². The molecule has 0 amide bonds. The number of carboxylic acid groups (broad SMARTS) is 1. The van der Waals surface area contributed by atoms with Crippen molar-refractivity contribution < 1.29 is 15.0 Å². The van der Waals surface area contributed by atoms with Gasteiger partial charge in [0.05, 0.1) is 12.0 Å². The van der Waals surface area contributed by atoms with Gasteiger partial charge in [-0.3, -0.25) is 4.79 Å². The van der Waals surface area contributed by atoms with E-state index < -0.39 is 5.97 Å². The van der Waals surface area contributed by atoms with E-state index in [-0.39, 0.29) is 12.0 Å². The third-order valence-electron chi connectivity index (χ3n) is 3.57. The van der Waals surface area contributed by atoms with Gasteiger partial charge in [-0.25, -0.2) is 0 Å². The van der Waals surface area contributed by atoms with Crippen LogP contribution in [0.1, 0.15) is 39.5 Å². The molecule has 16 heavy (non-hydrogen) atoms. The fourth-order valence-corrected chi connectivity index (χ4v) is 2.38. The van der Waals surface area contributed by atoms with Gasteiger partial charge < -0.3 is 15.1 Å². The van der Waals surface area contributed by atoms with E-state index in [9.17, 15) is 9.90 Å². The van der Waals surface area contributed by atoms with E-state index in [4.69, 9.17) is 5.11 Å². The normalized spacial score (nSPS) is 33.4. The van der Waals surface area contributed by atoms with E-state index >= 15 is 0 Å². The maximum Gasteiger partial charge on any atom is 0.305 e. The number of carbonyl (C=O) groups is 1. The Balaban J connectivity index is 0.000000187. The van der Waals surface area contributed by atoms with E-state index in [0.29, 0.717) is 12.1 Å². The Labute approximate surface area is 97.3 Å². The summed E-state index contributed by atoms with van der Waals surface area (Å²) in [5.41, 5.74) is 0. The molecule has 4 heteroatoms. The van der Waals surface area contributed by atoms with Gasteiger partial charge >= 0.3 is 5.97 Å². The fraction of sp³-hybridized carbons (Fsp3) is 0.917. The maximum atomic E-state index is 9.70. The third kappa shape index (κ3) is 3.46. The number of hydrogen-bond acceptors (Lipinski definition) is 3. The molecule has 2 rings (SSSR count). The molecule has 0 radical (unpaired) electrons. The van der Waals surface area contributed by atoms with Crippen molar-refractivity contribution >= 4 is 5.97 Å². The van der Waals surface area contributed by atoms with E-state index in [1.165, 1.54) is 12.8 Å². The van der Waals surface area contributed by atoms with Crippen molar-refractivity contribution in [1.82, 2.24) is 4.90 Å². The van der Waals surface area contributed by atoms with Gasteiger partial charge in [0.25, 0.3) is 0 Å². The summed E-state index contributed by atoms with van der Waals surface area (Å²) in [6.45, 7) is 3.28. The molecule has 2 fully saturated rings. The summed E-state index contributed by atoms with van der Waals surface area (Å²) in [6.07, 6.45) is 4.62. The van der Waals surface area contributed by atoms with Gasteiger partial charge in [0.1, 0.15) is 0 Å². The van der Waals surface area contributed by atoms with Crippen LogP contribution in [0.5, 0.6) is 0 Å². The van der Waals surface area contributed by atoms with Gasteiger partial charge in [-0.1, -0.05) is 13.8 Å². The Morgan fingerprint density at radius 1 is 1.25 bits per heavy atom. The van der Waals surface area contributed by atoms with Crippen molar-refractivity contribution in [3.63, 3.8) is 0 Å². The second kappa shape index (κ2) is 5.64. The molecule has 0 aromatic rings. The number of fused-ring (bicyclic) bond motifs is 2. The Kier molecular flexibility index (Phi) is 4.74. The SMILES string of the molecule is CC(C)C(=O)O.CN1[C@@H]2CC[C@H]1C[C@@H](O)C2. The highest BCUT2D eigenvalue weighted by Gasteiger charge is 2.37. The lowest BCUT2D eigenvalue weighted by molar-refractivity contribution is -0.140. The van der Waals surface area contributed by atoms with Crippen LogP contribution in [0, 0.1) is 5.92 Å². The Bertz CT molecular complexity index is 228. The summed E-state index contributed by atoms with van der Waals surface area (Å²) >= 11 is 0. The Hall–Kier alpha value is -0.610. The van der Waals surface area contributed by atoms with Crippen LogP contribution >= 0.6 is 0 Å². The topological polar surface area (TPSA) is 60.8 Å². The van der Waals surface area contributed by atoms with Crippen LogP contribution < -0.4 is 0 Å². The van der Waals surface area contributed by atoms with Gasteiger partial charge in [-0.05, 0) is 32.7 Å². The highest BCUT2D eigenvalue weighted by atomic mass is 16.4. The summed E-state index contributed by atoms with van der Waals surface area (Å²) in [6, 6.07) is 1.38. The summed E-state index contributed by atoms with van der Waals surface area (Å²) in [4.78, 5) is 12.1. The largest absolute Gasteiger partial charge is 0.481 e. The zero-order chi connectivity index (χ0) is 12.3. The Morgan fingerprint density at radius 2 is 1.62 bits per heavy atom. The number of aliphatic hydroxyl groups is 1. The molecule has 0 aliphatic carbocycles. The predicted molar refractivity (Wildman–Crippen MR) is 62.3 cm³/mol. The molecular weight excluding hydrogens is 206 g/mol. The molecule has 0 spiro atoms. The lowest BCUT2D eigenvalue weighted by Gasteiger charge is -2.33. The third-order valence-corrected chi connectivity index (χ3v) is 3.57. The van der Waals surface area contributed by atoms with Gasteiger partial charge in [-0.15, -0.1) is 0 Å².